The molecule has 0 radical (unpaired) electrons. The van der Waals surface area contributed by atoms with Crippen molar-refractivity contribution < 1.29 is 13.2 Å². The number of carbonyl (C=O) groups is 1. The zero-order chi connectivity index (χ0) is 20.5. The molecule has 3 aromatic rings. The van der Waals surface area contributed by atoms with Crippen LogP contribution in [-0.2, 0) is 21.1 Å². The van der Waals surface area contributed by atoms with Crippen molar-refractivity contribution in [1.82, 2.24) is 10.3 Å². The monoisotopic (exact) mass is 396 g/mol. The van der Waals surface area contributed by atoms with Gasteiger partial charge in [0, 0.05) is 17.3 Å². The Hall–Kier alpha value is -2.73. The van der Waals surface area contributed by atoms with Crippen molar-refractivity contribution in [3.63, 3.8) is 0 Å². The van der Waals surface area contributed by atoms with Crippen LogP contribution in [0.25, 0.3) is 10.9 Å². The first kappa shape index (κ1) is 20.0. The van der Waals surface area contributed by atoms with E-state index < -0.39 is 9.84 Å². The number of benzene rings is 2. The van der Waals surface area contributed by atoms with Crippen LogP contribution in [-0.4, -0.2) is 25.6 Å². The molecule has 28 heavy (non-hydrogen) atoms. The summed E-state index contributed by atoms with van der Waals surface area (Å²) in [6.07, 6.45) is 1.43. The molecular weight excluding hydrogens is 372 g/mol. The van der Waals surface area contributed by atoms with Gasteiger partial charge in [-0.05, 0) is 55.7 Å². The van der Waals surface area contributed by atoms with Gasteiger partial charge in [0.2, 0.25) is 5.91 Å². The molecule has 0 spiro atoms. The summed E-state index contributed by atoms with van der Waals surface area (Å²) in [5.41, 5.74) is 4.66. The number of para-hydroxylation sites is 1. The number of amides is 1. The van der Waals surface area contributed by atoms with Crippen LogP contribution < -0.4 is 5.32 Å². The number of aromatic nitrogens is 1. The van der Waals surface area contributed by atoms with Gasteiger partial charge in [0.25, 0.3) is 0 Å². The summed E-state index contributed by atoms with van der Waals surface area (Å²) < 4.78 is 23.2. The Kier molecular flexibility index (Phi) is 5.52. The van der Waals surface area contributed by atoms with E-state index in [0.29, 0.717) is 0 Å². The van der Waals surface area contributed by atoms with E-state index in [2.05, 4.69) is 10.3 Å². The van der Waals surface area contributed by atoms with E-state index in [9.17, 15) is 13.2 Å². The molecule has 1 N–H and O–H groups in total. The molecule has 1 unspecified atom stereocenters. The van der Waals surface area contributed by atoms with E-state index in [0.717, 1.165) is 33.3 Å². The highest BCUT2D eigenvalue weighted by Gasteiger charge is 2.16. The van der Waals surface area contributed by atoms with Gasteiger partial charge in [0.15, 0.2) is 9.84 Å². The summed E-state index contributed by atoms with van der Waals surface area (Å²) >= 11 is 0. The van der Waals surface area contributed by atoms with Crippen LogP contribution in [0.5, 0.6) is 0 Å². The standard InChI is InChI=1S/C22H24N2O3S/c1-14-19-7-5-6-8-21(19)23-16(3)20(14)13-22(25)24-15(2)17-9-11-18(12-10-17)28(4,26)27/h5-12,15H,13H2,1-4H3,(H,24,25). The Balaban J connectivity index is 1.76. The van der Waals surface area contributed by atoms with Gasteiger partial charge in [-0.2, -0.15) is 0 Å². The summed E-state index contributed by atoms with van der Waals surface area (Å²) in [5, 5.41) is 4.05. The normalized spacial score (nSPS) is 12.7. The molecule has 0 aliphatic carbocycles. The number of fused-ring (bicyclic) bond motifs is 1. The molecule has 0 aliphatic heterocycles. The lowest BCUT2D eigenvalue weighted by Crippen LogP contribution is -2.28. The summed E-state index contributed by atoms with van der Waals surface area (Å²) in [6.45, 7) is 5.83. The lowest BCUT2D eigenvalue weighted by atomic mass is 9.99. The number of aryl methyl sites for hydroxylation is 2. The summed E-state index contributed by atoms with van der Waals surface area (Å²) in [6, 6.07) is 14.3. The first-order valence-electron chi connectivity index (χ1n) is 9.11. The van der Waals surface area contributed by atoms with Gasteiger partial charge >= 0.3 is 0 Å². The SMILES string of the molecule is Cc1nc2ccccc2c(C)c1CC(=O)NC(C)c1ccc(S(C)(=O)=O)cc1. The third kappa shape index (κ3) is 4.22. The maximum absolute atomic E-state index is 12.6. The topological polar surface area (TPSA) is 76.1 Å². The lowest BCUT2D eigenvalue weighted by molar-refractivity contribution is -0.121. The number of carbonyl (C=O) groups excluding carboxylic acids is 1. The third-order valence-corrected chi connectivity index (χ3v) is 6.14. The molecular formula is C22H24N2O3S. The Bertz CT molecular complexity index is 1140. The second kappa shape index (κ2) is 7.72. The fourth-order valence-electron chi connectivity index (χ4n) is 3.37. The Morgan fingerprint density at radius 2 is 1.71 bits per heavy atom. The maximum atomic E-state index is 12.6. The number of hydrogen-bond acceptors (Lipinski definition) is 4. The fourth-order valence-corrected chi connectivity index (χ4v) is 4.00. The van der Waals surface area contributed by atoms with Crippen LogP contribution in [0.2, 0.25) is 0 Å². The highest BCUT2D eigenvalue weighted by Crippen LogP contribution is 2.23. The van der Waals surface area contributed by atoms with Gasteiger partial charge in [-0.3, -0.25) is 9.78 Å². The largest absolute Gasteiger partial charge is 0.349 e. The zero-order valence-corrected chi connectivity index (χ0v) is 17.3. The van der Waals surface area contributed by atoms with E-state index in [1.165, 1.54) is 6.26 Å². The molecule has 6 heteroatoms. The fraction of sp³-hybridized carbons (Fsp3) is 0.273. The summed E-state index contributed by atoms with van der Waals surface area (Å²) in [5.74, 6) is -0.0945. The lowest BCUT2D eigenvalue weighted by Gasteiger charge is -2.17. The Labute approximate surface area is 165 Å². The van der Waals surface area contributed by atoms with Crippen molar-refractivity contribution in [1.29, 1.82) is 0 Å². The molecule has 0 saturated heterocycles. The molecule has 1 atom stereocenters. The smallest absolute Gasteiger partial charge is 0.224 e. The van der Waals surface area contributed by atoms with Crippen molar-refractivity contribution in [2.75, 3.05) is 6.26 Å². The van der Waals surface area contributed by atoms with E-state index in [-0.39, 0.29) is 23.3 Å². The highest BCUT2D eigenvalue weighted by molar-refractivity contribution is 7.90. The van der Waals surface area contributed by atoms with Crippen molar-refractivity contribution in [3.8, 4) is 0 Å². The molecule has 0 fully saturated rings. The van der Waals surface area contributed by atoms with Crippen LogP contribution in [0.3, 0.4) is 0 Å². The van der Waals surface area contributed by atoms with E-state index in [1.54, 1.807) is 24.3 Å². The van der Waals surface area contributed by atoms with Gasteiger partial charge in [0.1, 0.15) is 0 Å². The van der Waals surface area contributed by atoms with Gasteiger partial charge < -0.3 is 5.32 Å². The number of rotatable bonds is 5. The predicted molar refractivity (Wildman–Crippen MR) is 111 cm³/mol. The molecule has 0 bridgehead atoms. The van der Waals surface area contributed by atoms with Crippen LogP contribution >= 0.6 is 0 Å². The first-order chi connectivity index (χ1) is 13.2. The molecule has 0 saturated carbocycles. The van der Waals surface area contributed by atoms with Gasteiger partial charge in [-0.1, -0.05) is 30.3 Å². The molecule has 0 aliphatic rings. The van der Waals surface area contributed by atoms with Crippen molar-refractivity contribution in [2.45, 2.75) is 38.1 Å². The van der Waals surface area contributed by atoms with E-state index >= 15 is 0 Å². The van der Waals surface area contributed by atoms with Gasteiger partial charge in [0.05, 0.1) is 22.9 Å². The van der Waals surface area contributed by atoms with Crippen molar-refractivity contribution >= 4 is 26.6 Å². The first-order valence-corrected chi connectivity index (χ1v) is 11.0. The molecule has 3 rings (SSSR count). The number of nitrogens with one attached hydrogen (secondary N) is 1. The van der Waals surface area contributed by atoms with E-state index in [1.807, 2.05) is 45.0 Å². The van der Waals surface area contributed by atoms with Crippen LogP contribution in [0.4, 0.5) is 0 Å². The van der Waals surface area contributed by atoms with Crippen molar-refractivity contribution in [3.05, 3.63) is 70.9 Å². The summed E-state index contributed by atoms with van der Waals surface area (Å²) in [4.78, 5) is 17.5. The zero-order valence-electron chi connectivity index (χ0n) is 16.5. The van der Waals surface area contributed by atoms with E-state index in [4.69, 9.17) is 0 Å². The second-order valence-electron chi connectivity index (χ2n) is 7.13. The minimum atomic E-state index is -3.23. The maximum Gasteiger partial charge on any atom is 0.224 e. The summed E-state index contributed by atoms with van der Waals surface area (Å²) in [7, 11) is -3.23. The average molecular weight is 397 g/mol. The van der Waals surface area contributed by atoms with Crippen LogP contribution in [0, 0.1) is 13.8 Å². The van der Waals surface area contributed by atoms with Gasteiger partial charge in [-0.15, -0.1) is 0 Å². The number of sulfone groups is 1. The quantitative estimate of drug-likeness (QED) is 0.714. The molecule has 1 amide bonds. The molecule has 5 nitrogen and oxygen atoms in total. The molecule has 1 heterocycles. The van der Waals surface area contributed by atoms with Gasteiger partial charge in [-0.25, -0.2) is 8.42 Å². The molecule has 1 aromatic heterocycles. The molecule has 146 valence electrons. The number of hydrogen-bond donors (Lipinski definition) is 1. The number of pyridine rings is 1. The minimum Gasteiger partial charge on any atom is -0.349 e. The average Bonchev–Trinajstić information content (AvgIpc) is 2.64. The molecule has 2 aromatic carbocycles. The minimum absolute atomic E-state index is 0.0945. The van der Waals surface area contributed by atoms with Crippen molar-refractivity contribution in [2.24, 2.45) is 0 Å². The number of nitrogens with zero attached hydrogens (tertiary/aromatic N) is 1. The predicted octanol–water partition coefficient (Wildman–Crippen LogP) is 3.68. The van der Waals surface area contributed by atoms with Crippen LogP contribution in [0.1, 0.15) is 35.3 Å². The second-order valence-corrected chi connectivity index (χ2v) is 9.14. The third-order valence-electron chi connectivity index (χ3n) is 5.01. The van der Waals surface area contributed by atoms with Crippen LogP contribution in [0.15, 0.2) is 53.4 Å². The Morgan fingerprint density at radius 1 is 1.07 bits per heavy atom. The Morgan fingerprint density at radius 3 is 2.36 bits per heavy atom. The highest BCUT2D eigenvalue weighted by atomic mass is 32.2.